The Balaban J connectivity index is 0.00000245. The van der Waals surface area contributed by atoms with Gasteiger partial charge < -0.3 is 14.8 Å². The van der Waals surface area contributed by atoms with E-state index in [1.807, 2.05) is 31.0 Å². The summed E-state index contributed by atoms with van der Waals surface area (Å²) in [6, 6.07) is 11.4. The maximum absolute atomic E-state index is 13.5. The second kappa shape index (κ2) is 8.53. The highest BCUT2D eigenvalue weighted by Gasteiger charge is 2.43. The smallest absolute Gasteiger partial charge is 0.237 e. The van der Waals surface area contributed by atoms with E-state index in [0.29, 0.717) is 5.92 Å². The second-order valence-corrected chi connectivity index (χ2v) is 9.65. The number of aromatic nitrogens is 1. The lowest BCUT2D eigenvalue weighted by atomic mass is 9.85. The van der Waals surface area contributed by atoms with Crippen LogP contribution < -0.4 is 4.90 Å². The summed E-state index contributed by atoms with van der Waals surface area (Å²) in [6.07, 6.45) is 4.22. The summed E-state index contributed by atoms with van der Waals surface area (Å²) in [4.78, 5) is 20.8. The molecule has 0 radical (unpaired) electrons. The molecule has 2 aliphatic rings. The van der Waals surface area contributed by atoms with Gasteiger partial charge in [0.2, 0.25) is 5.91 Å². The number of amides is 1. The molecule has 0 bridgehead atoms. The number of piperidine rings is 1. The van der Waals surface area contributed by atoms with E-state index in [4.69, 9.17) is 0 Å². The number of anilines is 1. The zero-order chi connectivity index (χ0) is 21.8. The number of aryl methyl sites for hydroxylation is 1. The van der Waals surface area contributed by atoms with Gasteiger partial charge in [0.25, 0.3) is 0 Å². The number of benzene rings is 2. The number of halogens is 2. The van der Waals surface area contributed by atoms with Gasteiger partial charge in [-0.15, -0.1) is 12.4 Å². The van der Waals surface area contributed by atoms with Crippen molar-refractivity contribution in [3.63, 3.8) is 0 Å². The summed E-state index contributed by atoms with van der Waals surface area (Å²) >= 11 is 0. The zero-order valence-electron chi connectivity index (χ0n) is 19.0. The van der Waals surface area contributed by atoms with Crippen LogP contribution in [0.1, 0.15) is 49.3 Å². The molecular weight excluding hydrogens is 425 g/mol. The number of carbonyl (C=O) groups excluding carboxylic acids is 1. The molecule has 2 aliphatic heterocycles. The van der Waals surface area contributed by atoms with Crippen LogP contribution in [0.3, 0.4) is 0 Å². The van der Waals surface area contributed by atoms with Gasteiger partial charge in [0.15, 0.2) is 0 Å². The number of hydrogen-bond acceptors (Lipinski definition) is 2. The quantitative estimate of drug-likeness (QED) is 0.561. The van der Waals surface area contributed by atoms with Crippen molar-refractivity contribution in [1.29, 1.82) is 0 Å². The Morgan fingerprint density at radius 2 is 1.84 bits per heavy atom. The molecule has 6 heteroatoms. The number of carbonyl (C=O) groups is 1. The van der Waals surface area contributed by atoms with Crippen molar-refractivity contribution in [1.82, 2.24) is 9.88 Å². The van der Waals surface area contributed by atoms with Crippen LogP contribution in [0.15, 0.2) is 42.6 Å². The highest BCUT2D eigenvalue weighted by molar-refractivity contribution is 6.07. The molecule has 1 amide bonds. The summed E-state index contributed by atoms with van der Waals surface area (Å²) in [6.45, 7) is 9.81. The Morgan fingerprint density at radius 1 is 1.09 bits per heavy atom. The molecule has 1 N–H and O–H groups in total. The molecule has 5 rings (SSSR count). The van der Waals surface area contributed by atoms with Gasteiger partial charge in [-0.05, 0) is 88.0 Å². The van der Waals surface area contributed by atoms with Gasteiger partial charge in [-0.2, -0.15) is 0 Å². The van der Waals surface area contributed by atoms with Crippen LogP contribution in [-0.4, -0.2) is 42.0 Å². The Morgan fingerprint density at radius 3 is 2.59 bits per heavy atom. The van der Waals surface area contributed by atoms with Crippen LogP contribution in [0, 0.1) is 12.7 Å². The molecule has 0 spiro atoms. The predicted molar refractivity (Wildman–Crippen MR) is 130 cm³/mol. The molecule has 0 unspecified atom stereocenters. The highest BCUT2D eigenvalue weighted by atomic mass is 35.5. The van der Waals surface area contributed by atoms with Gasteiger partial charge in [0.05, 0.1) is 5.41 Å². The lowest BCUT2D eigenvalue weighted by molar-refractivity contribution is -0.122. The third-order valence-corrected chi connectivity index (χ3v) is 7.24. The molecule has 1 fully saturated rings. The molecule has 1 aromatic heterocycles. The molecule has 170 valence electrons. The maximum atomic E-state index is 13.5. The second-order valence-electron chi connectivity index (χ2n) is 9.65. The zero-order valence-corrected chi connectivity index (χ0v) is 19.8. The first-order valence-electron chi connectivity index (χ1n) is 11.3. The third-order valence-electron chi connectivity index (χ3n) is 7.24. The summed E-state index contributed by atoms with van der Waals surface area (Å²) in [7, 11) is 0. The Hall–Kier alpha value is -2.37. The van der Waals surface area contributed by atoms with Crippen molar-refractivity contribution < 1.29 is 9.18 Å². The van der Waals surface area contributed by atoms with Crippen molar-refractivity contribution in [2.45, 2.75) is 44.9 Å². The minimum Gasteiger partial charge on any atom is -0.361 e. The van der Waals surface area contributed by atoms with Crippen LogP contribution in [0.25, 0.3) is 10.9 Å². The minimum absolute atomic E-state index is 0. The third kappa shape index (κ3) is 3.82. The van der Waals surface area contributed by atoms with E-state index in [-0.39, 0.29) is 24.1 Å². The summed E-state index contributed by atoms with van der Waals surface area (Å²) < 4.78 is 13.5. The average Bonchev–Trinajstić information content (AvgIpc) is 3.24. The fraction of sp³-hybridized carbons (Fsp3) is 0.423. The number of likely N-dealkylation sites (tertiary alicyclic amines) is 1. The van der Waals surface area contributed by atoms with Crippen LogP contribution in [0.2, 0.25) is 0 Å². The van der Waals surface area contributed by atoms with Crippen molar-refractivity contribution in [3.05, 3.63) is 65.1 Å². The van der Waals surface area contributed by atoms with Gasteiger partial charge >= 0.3 is 0 Å². The van der Waals surface area contributed by atoms with Crippen LogP contribution >= 0.6 is 12.4 Å². The van der Waals surface area contributed by atoms with Gasteiger partial charge in [-0.25, -0.2) is 4.39 Å². The molecule has 2 aromatic carbocycles. The predicted octanol–water partition coefficient (Wildman–Crippen LogP) is 5.54. The summed E-state index contributed by atoms with van der Waals surface area (Å²) in [5.74, 6) is 0.493. The SMILES string of the molecule is Cc1ccc2c(c1)C(C)(C)C(=O)N2CCN1CCC(c2c[nH]c3cc(F)ccc23)CC1.Cl. The number of fused-ring (bicyclic) bond motifs is 2. The Bertz CT molecular complexity index is 1150. The molecule has 1 saturated heterocycles. The number of aromatic amines is 1. The fourth-order valence-corrected chi connectivity index (χ4v) is 5.34. The largest absolute Gasteiger partial charge is 0.361 e. The average molecular weight is 456 g/mol. The highest BCUT2D eigenvalue weighted by Crippen LogP contribution is 2.42. The first-order valence-corrected chi connectivity index (χ1v) is 11.3. The van der Waals surface area contributed by atoms with Crippen molar-refractivity contribution in [3.8, 4) is 0 Å². The number of hydrogen-bond donors (Lipinski definition) is 1. The molecule has 3 aromatic rings. The molecule has 3 heterocycles. The standard InChI is InChI=1S/C26H30FN3O.ClH/c1-17-4-7-24-22(14-17)26(2,3)25(31)30(24)13-12-29-10-8-18(9-11-29)21-16-28-23-15-19(27)5-6-20(21)23;/h4-7,14-16,18,28H,8-13H2,1-3H3;1H. The topological polar surface area (TPSA) is 39.3 Å². The minimum atomic E-state index is -0.455. The van der Waals surface area contributed by atoms with Crippen LogP contribution in [-0.2, 0) is 10.2 Å². The number of H-pyrrole nitrogens is 1. The van der Waals surface area contributed by atoms with Crippen molar-refractivity contribution in [2.75, 3.05) is 31.1 Å². The fourth-order valence-electron chi connectivity index (χ4n) is 5.34. The maximum Gasteiger partial charge on any atom is 0.237 e. The van der Waals surface area contributed by atoms with Gasteiger partial charge in [0, 0.05) is 35.9 Å². The van der Waals surface area contributed by atoms with Crippen LogP contribution in [0.4, 0.5) is 10.1 Å². The summed E-state index contributed by atoms with van der Waals surface area (Å²) in [5.41, 5.74) is 5.14. The van der Waals surface area contributed by atoms with E-state index in [0.717, 1.165) is 61.2 Å². The lowest BCUT2D eigenvalue weighted by Crippen LogP contribution is -2.43. The van der Waals surface area contributed by atoms with E-state index in [2.05, 4.69) is 35.0 Å². The van der Waals surface area contributed by atoms with Crippen molar-refractivity contribution in [2.24, 2.45) is 0 Å². The molecule has 0 aliphatic carbocycles. The van der Waals surface area contributed by atoms with Crippen LogP contribution in [0.5, 0.6) is 0 Å². The van der Waals surface area contributed by atoms with Gasteiger partial charge in [-0.1, -0.05) is 17.7 Å². The normalized spacial score (nSPS) is 18.8. The number of nitrogens with zero attached hydrogens (tertiary/aromatic N) is 2. The van der Waals surface area contributed by atoms with E-state index in [1.165, 1.54) is 11.1 Å². The van der Waals surface area contributed by atoms with E-state index in [1.54, 1.807) is 12.1 Å². The van der Waals surface area contributed by atoms with Crippen molar-refractivity contribution >= 4 is 34.9 Å². The Labute approximate surface area is 195 Å². The van der Waals surface area contributed by atoms with E-state index >= 15 is 0 Å². The van der Waals surface area contributed by atoms with E-state index in [9.17, 15) is 9.18 Å². The summed E-state index contributed by atoms with van der Waals surface area (Å²) in [5, 5.41) is 1.14. The molecular formula is C26H31ClFN3O. The van der Waals surface area contributed by atoms with E-state index < -0.39 is 5.41 Å². The monoisotopic (exact) mass is 455 g/mol. The first kappa shape index (κ1) is 22.8. The molecule has 0 atom stereocenters. The molecule has 4 nitrogen and oxygen atoms in total. The number of nitrogens with one attached hydrogen (secondary N) is 1. The molecule has 0 saturated carbocycles. The van der Waals surface area contributed by atoms with Gasteiger partial charge in [-0.3, -0.25) is 4.79 Å². The lowest BCUT2D eigenvalue weighted by Gasteiger charge is -2.33. The Kier molecular flexibility index (Phi) is 6.08. The first-order chi connectivity index (χ1) is 14.8. The molecule has 32 heavy (non-hydrogen) atoms. The van der Waals surface area contributed by atoms with Gasteiger partial charge in [0.1, 0.15) is 5.82 Å². The number of rotatable bonds is 4.